The highest BCUT2D eigenvalue weighted by Gasteiger charge is 2.11. The van der Waals surface area contributed by atoms with Crippen LogP contribution in [-0.2, 0) is 17.9 Å². The molecule has 0 spiro atoms. The van der Waals surface area contributed by atoms with E-state index in [1.54, 1.807) is 19.5 Å². The van der Waals surface area contributed by atoms with Gasteiger partial charge in [-0.1, -0.05) is 13.3 Å². The van der Waals surface area contributed by atoms with Gasteiger partial charge >= 0.3 is 0 Å². The van der Waals surface area contributed by atoms with Crippen molar-refractivity contribution in [1.29, 1.82) is 0 Å². The van der Waals surface area contributed by atoms with Crippen molar-refractivity contribution in [3.05, 3.63) is 30.4 Å². The molecule has 2 heterocycles. The molecule has 0 aliphatic carbocycles. The van der Waals surface area contributed by atoms with Gasteiger partial charge in [0.2, 0.25) is 0 Å². The van der Waals surface area contributed by atoms with Crippen LogP contribution in [0.1, 0.15) is 25.6 Å². The van der Waals surface area contributed by atoms with Crippen molar-refractivity contribution >= 4 is 0 Å². The SMILES string of the molecule is CCCCn1nc(COC)nc1-c1ccncc1. The van der Waals surface area contributed by atoms with Crippen molar-refractivity contribution in [3.8, 4) is 11.4 Å². The summed E-state index contributed by atoms with van der Waals surface area (Å²) in [5, 5.41) is 4.47. The van der Waals surface area contributed by atoms with Gasteiger partial charge in [-0.05, 0) is 18.6 Å². The number of rotatable bonds is 6. The summed E-state index contributed by atoms with van der Waals surface area (Å²) in [5.41, 5.74) is 1.04. The van der Waals surface area contributed by atoms with E-state index in [9.17, 15) is 0 Å². The molecule has 5 nitrogen and oxygen atoms in total. The van der Waals surface area contributed by atoms with Crippen LogP contribution in [0.2, 0.25) is 0 Å². The maximum atomic E-state index is 5.09. The van der Waals surface area contributed by atoms with Crippen LogP contribution in [0.4, 0.5) is 0 Å². The first kappa shape index (κ1) is 12.7. The zero-order valence-corrected chi connectivity index (χ0v) is 10.8. The number of unbranched alkanes of at least 4 members (excludes halogenated alkanes) is 1. The highest BCUT2D eigenvalue weighted by Crippen LogP contribution is 2.17. The third-order valence-corrected chi connectivity index (χ3v) is 2.65. The average molecular weight is 246 g/mol. The molecule has 2 aromatic rings. The fourth-order valence-corrected chi connectivity index (χ4v) is 1.76. The third-order valence-electron chi connectivity index (χ3n) is 2.65. The summed E-state index contributed by atoms with van der Waals surface area (Å²) in [7, 11) is 1.65. The van der Waals surface area contributed by atoms with Crippen molar-refractivity contribution in [1.82, 2.24) is 19.7 Å². The van der Waals surface area contributed by atoms with Gasteiger partial charge < -0.3 is 4.74 Å². The molecule has 0 saturated carbocycles. The van der Waals surface area contributed by atoms with Gasteiger partial charge in [0.1, 0.15) is 6.61 Å². The van der Waals surface area contributed by atoms with Gasteiger partial charge in [0.25, 0.3) is 0 Å². The summed E-state index contributed by atoms with van der Waals surface area (Å²) in [6.07, 6.45) is 5.76. The molecule has 0 aliphatic heterocycles. The molecule has 0 radical (unpaired) electrons. The standard InChI is InChI=1S/C13H18N4O/c1-3-4-9-17-13(11-5-7-14-8-6-11)15-12(16-17)10-18-2/h5-8H,3-4,9-10H2,1-2H3. The van der Waals surface area contributed by atoms with Crippen molar-refractivity contribution in [2.45, 2.75) is 32.9 Å². The van der Waals surface area contributed by atoms with Crippen molar-refractivity contribution in [3.63, 3.8) is 0 Å². The monoisotopic (exact) mass is 246 g/mol. The summed E-state index contributed by atoms with van der Waals surface area (Å²) in [4.78, 5) is 8.55. The first-order chi connectivity index (χ1) is 8.85. The summed E-state index contributed by atoms with van der Waals surface area (Å²) in [5.74, 6) is 1.61. The molecule has 5 heteroatoms. The number of nitrogens with zero attached hydrogens (tertiary/aromatic N) is 4. The fraction of sp³-hybridized carbons (Fsp3) is 0.462. The van der Waals surface area contributed by atoms with E-state index >= 15 is 0 Å². The summed E-state index contributed by atoms with van der Waals surface area (Å²) < 4.78 is 7.04. The molecule has 0 fully saturated rings. The van der Waals surface area contributed by atoms with Gasteiger partial charge in [0.05, 0.1) is 0 Å². The molecule has 0 unspecified atom stereocenters. The Labute approximate surface area is 107 Å². The zero-order valence-electron chi connectivity index (χ0n) is 10.8. The van der Waals surface area contributed by atoms with Gasteiger partial charge in [0.15, 0.2) is 11.6 Å². The predicted molar refractivity (Wildman–Crippen MR) is 68.9 cm³/mol. The molecule has 0 saturated heterocycles. The number of aromatic nitrogens is 4. The van der Waals surface area contributed by atoms with E-state index in [1.165, 1.54) is 0 Å². The van der Waals surface area contributed by atoms with Crippen molar-refractivity contribution in [2.24, 2.45) is 0 Å². The van der Waals surface area contributed by atoms with E-state index in [2.05, 4.69) is 22.0 Å². The van der Waals surface area contributed by atoms with E-state index in [0.717, 1.165) is 36.6 Å². The number of hydrogen-bond donors (Lipinski definition) is 0. The van der Waals surface area contributed by atoms with Crippen LogP contribution in [0.25, 0.3) is 11.4 Å². The Morgan fingerprint density at radius 2 is 2.06 bits per heavy atom. The average Bonchev–Trinajstić information content (AvgIpc) is 2.81. The number of ether oxygens (including phenoxy) is 1. The minimum absolute atomic E-state index is 0.442. The summed E-state index contributed by atoms with van der Waals surface area (Å²) >= 11 is 0. The summed E-state index contributed by atoms with van der Waals surface area (Å²) in [6, 6.07) is 3.89. The first-order valence-electron chi connectivity index (χ1n) is 6.18. The van der Waals surface area contributed by atoms with Crippen molar-refractivity contribution < 1.29 is 4.74 Å². The Balaban J connectivity index is 2.31. The first-order valence-corrected chi connectivity index (χ1v) is 6.18. The predicted octanol–water partition coefficient (Wildman–Crippen LogP) is 2.29. The fourth-order valence-electron chi connectivity index (χ4n) is 1.76. The topological polar surface area (TPSA) is 52.8 Å². The lowest BCUT2D eigenvalue weighted by molar-refractivity contribution is 0.177. The molecule has 2 rings (SSSR count). The Bertz CT molecular complexity index is 481. The molecular weight excluding hydrogens is 228 g/mol. The van der Waals surface area contributed by atoms with Gasteiger partial charge in [-0.3, -0.25) is 4.98 Å². The van der Waals surface area contributed by atoms with Crippen LogP contribution >= 0.6 is 0 Å². The quantitative estimate of drug-likeness (QED) is 0.784. The Kier molecular flexibility index (Phi) is 4.41. The highest BCUT2D eigenvalue weighted by atomic mass is 16.5. The largest absolute Gasteiger partial charge is 0.377 e. The molecule has 0 N–H and O–H groups in total. The Hall–Kier alpha value is -1.75. The second kappa shape index (κ2) is 6.26. The second-order valence-corrected chi connectivity index (χ2v) is 4.10. The Morgan fingerprint density at radius 3 is 2.72 bits per heavy atom. The van der Waals surface area contributed by atoms with Crippen LogP contribution in [0, 0.1) is 0 Å². The summed E-state index contributed by atoms with van der Waals surface area (Å²) in [6.45, 7) is 3.49. The molecule has 18 heavy (non-hydrogen) atoms. The van der Waals surface area contributed by atoms with Gasteiger partial charge in [0, 0.05) is 31.6 Å². The highest BCUT2D eigenvalue weighted by molar-refractivity contribution is 5.53. The van der Waals surface area contributed by atoms with Gasteiger partial charge in [-0.15, -0.1) is 0 Å². The van der Waals surface area contributed by atoms with Crippen LogP contribution in [-0.4, -0.2) is 26.9 Å². The number of hydrogen-bond acceptors (Lipinski definition) is 4. The molecule has 0 aromatic carbocycles. The van der Waals surface area contributed by atoms with Gasteiger partial charge in [-0.25, -0.2) is 9.67 Å². The van der Waals surface area contributed by atoms with Gasteiger partial charge in [-0.2, -0.15) is 5.10 Å². The molecule has 96 valence electrons. The molecule has 0 bridgehead atoms. The molecule has 2 aromatic heterocycles. The maximum absolute atomic E-state index is 5.09. The molecule has 0 atom stereocenters. The van der Waals surface area contributed by atoms with Crippen LogP contribution in [0.5, 0.6) is 0 Å². The smallest absolute Gasteiger partial charge is 0.176 e. The van der Waals surface area contributed by atoms with E-state index in [1.807, 2.05) is 16.8 Å². The lowest BCUT2D eigenvalue weighted by Gasteiger charge is -2.04. The minimum Gasteiger partial charge on any atom is -0.377 e. The van der Waals surface area contributed by atoms with Crippen LogP contribution in [0.3, 0.4) is 0 Å². The van der Waals surface area contributed by atoms with E-state index in [-0.39, 0.29) is 0 Å². The van der Waals surface area contributed by atoms with E-state index in [4.69, 9.17) is 4.74 Å². The molecule has 0 amide bonds. The zero-order chi connectivity index (χ0) is 12.8. The number of aryl methyl sites for hydroxylation is 1. The van der Waals surface area contributed by atoms with E-state index < -0.39 is 0 Å². The van der Waals surface area contributed by atoms with E-state index in [0.29, 0.717) is 6.61 Å². The Morgan fingerprint density at radius 1 is 1.28 bits per heavy atom. The number of pyridine rings is 1. The van der Waals surface area contributed by atoms with Crippen molar-refractivity contribution in [2.75, 3.05) is 7.11 Å². The molecule has 0 aliphatic rings. The normalized spacial score (nSPS) is 10.8. The maximum Gasteiger partial charge on any atom is 0.176 e. The minimum atomic E-state index is 0.442. The lowest BCUT2D eigenvalue weighted by Crippen LogP contribution is -2.03. The third kappa shape index (κ3) is 2.92. The number of methoxy groups -OCH3 is 1. The van der Waals surface area contributed by atoms with Crippen LogP contribution in [0.15, 0.2) is 24.5 Å². The molecular formula is C13H18N4O. The van der Waals surface area contributed by atoms with Crippen LogP contribution < -0.4 is 0 Å². The lowest BCUT2D eigenvalue weighted by atomic mass is 10.2. The second-order valence-electron chi connectivity index (χ2n) is 4.10.